The second-order valence-corrected chi connectivity index (χ2v) is 4.47. The Hall–Kier alpha value is -2.14. The van der Waals surface area contributed by atoms with Crippen molar-refractivity contribution in [3.05, 3.63) is 59.5 Å². The van der Waals surface area contributed by atoms with Crippen LogP contribution in [0.2, 0.25) is 0 Å². The maximum Gasteiger partial charge on any atom is 0.251 e. The number of nitrogens with two attached hydrogens (primary N) is 1. The molecule has 0 unspecified atom stereocenters. The van der Waals surface area contributed by atoms with Gasteiger partial charge in [0.05, 0.1) is 6.26 Å². The molecule has 0 aliphatic heterocycles. The molecule has 1 aromatic heterocycles. The van der Waals surface area contributed by atoms with Crippen LogP contribution in [0.5, 0.6) is 0 Å². The number of nitrogens with one attached hydrogen (secondary N) is 1. The summed E-state index contributed by atoms with van der Waals surface area (Å²) in [6.45, 7) is 0.518. The molecular formula is C14H14N2O2S. The Labute approximate surface area is 116 Å². The van der Waals surface area contributed by atoms with E-state index in [-0.39, 0.29) is 10.9 Å². The Balaban J connectivity index is 1.92. The average molecular weight is 274 g/mol. The second kappa shape index (κ2) is 6.15. The topological polar surface area (TPSA) is 68.3 Å². The van der Waals surface area contributed by atoms with E-state index in [4.69, 9.17) is 22.4 Å². The van der Waals surface area contributed by atoms with E-state index in [0.29, 0.717) is 24.1 Å². The predicted molar refractivity (Wildman–Crippen MR) is 77.1 cm³/mol. The minimum absolute atomic E-state index is 0.148. The number of rotatable bonds is 5. The SMILES string of the molecule is NC(=S)c1cccc(C(=O)NCCc2ccco2)c1. The van der Waals surface area contributed by atoms with Crippen LogP contribution in [0, 0.1) is 0 Å². The van der Waals surface area contributed by atoms with Crippen molar-refractivity contribution in [2.24, 2.45) is 5.73 Å². The zero-order chi connectivity index (χ0) is 13.7. The Morgan fingerprint density at radius 3 is 2.74 bits per heavy atom. The first kappa shape index (κ1) is 13.3. The van der Waals surface area contributed by atoms with Gasteiger partial charge in [-0.15, -0.1) is 0 Å². The number of furan rings is 1. The first-order valence-corrected chi connectivity index (χ1v) is 6.28. The molecule has 0 saturated carbocycles. The summed E-state index contributed by atoms with van der Waals surface area (Å²) in [5, 5.41) is 2.82. The highest BCUT2D eigenvalue weighted by Gasteiger charge is 2.07. The van der Waals surface area contributed by atoms with Crippen LogP contribution in [0.25, 0.3) is 0 Å². The average Bonchev–Trinajstić information content (AvgIpc) is 2.92. The summed E-state index contributed by atoms with van der Waals surface area (Å²) < 4.78 is 5.19. The van der Waals surface area contributed by atoms with E-state index in [9.17, 15) is 4.79 Å². The molecule has 1 amide bonds. The summed E-state index contributed by atoms with van der Waals surface area (Å²) in [6, 6.07) is 10.6. The van der Waals surface area contributed by atoms with Gasteiger partial charge in [0.1, 0.15) is 10.7 Å². The Kier molecular flexibility index (Phi) is 4.30. The number of hydrogen-bond acceptors (Lipinski definition) is 3. The Morgan fingerprint density at radius 2 is 2.05 bits per heavy atom. The van der Waals surface area contributed by atoms with Gasteiger partial charge >= 0.3 is 0 Å². The maximum absolute atomic E-state index is 11.9. The molecule has 3 N–H and O–H groups in total. The number of thiocarbonyl (C=S) groups is 1. The van der Waals surface area contributed by atoms with E-state index < -0.39 is 0 Å². The van der Waals surface area contributed by atoms with E-state index in [1.54, 1.807) is 30.5 Å². The molecule has 2 aromatic rings. The lowest BCUT2D eigenvalue weighted by Crippen LogP contribution is -2.26. The predicted octanol–water partition coefficient (Wildman–Crippen LogP) is 1.89. The molecule has 1 aromatic carbocycles. The summed E-state index contributed by atoms with van der Waals surface area (Å²) in [4.78, 5) is 12.2. The van der Waals surface area contributed by atoms with E-state index in [2.05, 4.69) is 5.32 Å². The van der Waals surface area contributed by atoms with Gasteiger partial charge in [-0.3, -0.25) is 4.79 Å². The smallest absolute Gasteiger partial charge is 0.251 e. The maximum atomic E-state index is 11.9. The third kappa shape index (κ3) is 3.66. The van der Waals surface area contributed by atoms with Gasteiger partial charge in [-0.1, -0.05) is 24.4 Å². The highest BCUT2D eigenvalue weighted by Crippen LogP contribution is 2.05. The van der Waals surface area contributed by atoms with Crippen molar-refractivity contribution < 1.29 is 9.21 Å². The lowest BCUT2D eigenvalue weighted by molar-refractivity contribution is 0.0953. The van der Waals surface area contributed by atoms with Crippen molar-refractivity contribution in [3.8, 4) is 0 Å². The third-order valence-electron chi connectivity index (χ3n) is 2.65. The molecule has 0 fully saturated rings. The third-order valence-corrected chi connectivity index (χ3v) is 2.88. The van der Waals surface area contributed by atoms with Crippen molar-refractivity contribution in [1.29, 1.82) is 0 Å². The van der Waals surface area contributed by atoms with Gasteiger partial charge in [0.25, 0.3) is 5.91 Å². The van der Waals surface area contributed by atoms with Gasteiger partial charge in [-0.05, 0) is 24.3 Å². The number of carbonyl (C=O) groups excluding carboxylic acids is 1. The van der Waals surface area contributed by atoms with Gasteiger partial charge in [-0.25, -0.2) is 0 Å². The van der Waals surface area contributed by atoms with Crippen LogP contribution in [0.4, 0.5) is 0 Å². The highest BCUT2D eigenvalue weighted by atomic mass is 32.1. The Bertz CT molecular complexity index is 579. The first-order valence-electron chi connectivity index (χ1n) is 5.87. The molecule has 0 aliphatic rings. The summed E-state index contributed by atoms with van der Waals surface area (Å²) in [7, 11) is 0. The molecule has 0 spiro atoms. The molecule has 2 rings (SSSR count). The summed E-state index contributed by atoms with van der Waals surface area (Å²) in [5.41, 5.74) is 6.77. The van der Waals surface area contributed by atoms with Gasteiger partial charge in [0, 0.05) is 24.1 Å². The van der Waals surface area contributed by atoms with Crippen molar-refractivity contribution in [3.63, 3.8) is 0 Å². The van der Waals surface area contributed by atoms with Gasteiger partial charge in [0.2, 0.25) is 0 Å². The van der Waals surface area contributed by atoms with Crippen LogP contribution in [0.15, 0.2) is 47.1 Å². The number of carbonyl (C=O) groups is 1. The lowest BCUT2D eigenvalue weighted by atomic mass is 10.1. The van der Waals surface area contributed by atoms with Crippen LogP contribution in [-0.2, 0) is 6.42 Å². The molecule has 4 nitrogen and oxygen atoms in total. The van der Waals surface area contributed by atoms with Gasteiger partial charge < -0.3 is 15.5 Å². The zero-order valence-corrected chi connectivity index (χ0v) is 11.1. The molecule has 1 heterocycles. The molecule has 19 heavy (non-hydrogen) atoms. The fourth-order valence-corrected chi connectivity index (χ4v) is 1.80. The van der Waals surface area contributed by atoms with Crippen molar-refractivity contribution in [2.75, 3.05) is 6.54 Å². The summed E-state index contributed by atoms with van der Waals surface area (Å²) in [5.74, 6) is 0.696. The van der Waals surface area contributed by atoms with Gasteiger partial charge in [0.15, 0.2) is 0 Å². The zero-order valence-electron chi connectivity index (χ0n) is 10.3. The molecule has 0 saturated heterocycles. The molecule has 98 valence electrons. The normalized spacial score (nSPS) is 10.1. The minimum Gasteiger partial charge on any atom is -0.469 e. The molecule has 5 heteroatoms. The highest BCUT2D eigenvalue weighted by molar-refractivity contribution is 7.80. The standard InChI is InChI=1S/C14H14N2O2S/c15-13(19)10-3-1-4-11(9-10)14(17)16-7-6-12-5-2-8-18-12/h1-5,8-9H,6-7H2,(H2,15,19)(H,16,17). The molecule has 0 bridgehead atoms. The summed E-state index contributed by atoms with van der Waals surface area (Å²) in [6.07, 6.45) is 2.27. The van der Waals surface area contributed by atoms with Crippen LogP contribution in [-0.4, -0.2) is 17.4 Å². The number of hydrogen-bond donors (Lipinski definition) is 2. The van der Waals surface area contributed by atoms with Crippen LogP contribution in [0.1, 0.15) is 21.7 Å². The fourth-order valence-electron chi connectivity index (χ4n) is 1.67. The second-order valence-electron chi connectivity index (χ2n) is 4.03. The fraction of sp³-hybridized carbons (Fsp3) is 0.143. The van der Waals surface area contributed by atoms with E-state index in [1.807, 2.05) is 12.1 Å². The largest absolute Gasteiger partial charge is 0.469 e. The van der Waals surface area contributed by atoms with Crippen LogP contribution >= 0.6 is 12.2 Å². The van der Waals surface area contributed by atoms with Crippen molar-refractivity contribution in [1.82, 2.24) is 5.32 Å². The Morgan fingerprint density at radius 1 is 1.26 bits per heavy atom. The lowest BCUT2D eigenvalue weighted by Gasteiger charge is -2.05. The van der Waals surface area contributed by atoms with E-state index in [0.717, 1.165) is 5.76 Å². The number of benzene rings is 1. The van der Waals surface area contributed by atoms with Crippen molar-refractivity contribution in [2.45, 2.75) is 6.42 Å². The molecular weight excluding hydrogens is 260 g/mol. The van der Waals surface area contributed by atoms with Crippen LogP contribution < -0.4 is 11.1 Å². The van der Waals surface area contributed by atoms with Gasteiger partial charge in [-0.2, -0.15) is 0 Å². The van der Waals surface area contributed by atoms with E-state index in [1.165, 1.54) is 0 Å². The quantitative estimate of drug-likeness (QED) is 0.817. The summed E-state index contributed by atoms with van der Waals surface area (Å²) >= 11 is 4.88. The first-order chi connectivity index (χ1) is 9.16. The number of amides is 1. The van der Waals surface area contributed by atoms with Crippen LogP contribution in [0.3, 0.4) is 0 Å². The molecule has 0 radical (unpaired) electrons. The molecule has 0 atom stereocenters. The monoisotopic (exact) mass is 274 g/mol. The minimum atomic E-state index is -0.148. The molecule has 0 aliphatic carbocycles. The van der Waals surface area contributed by atoms with E-state index >= 15 is 0 Å². The van der Waals surface area contributed by atoms with Crippen molar-refractivity contribution >= 4 is 23.1 Å².